The lowest BCUT2D eigenvalue weighted by Crippen LogP contribution is -2.10. The van der Waals surface area contributed by atoms with E-state index >= 15 is 0 Å². The topological polar surface area (TPSA) is 64.4 Å². The van der Waals surface area contributed by atoms with Gasteiger partial charge in [-0.2, -0.15) is 0 Å². The molecule has 0 fully saturated rings. The van der Waals surface area contributed by atoms with Gasteiger partial charge in [0.05, 0.1) is 16.8 Å². The van der Waals surface area contributed by atoms with E-state index in [-0.39, 0.29) is 11.7 Å². The van der Waals surface area contributed by atoms with Gasteiger partial charge in [0.25, 0.3) is 5.91 Å². The summed E-state index contributed by atoms with van der Waals surface area (Å²) in [5.74, 6) is 0.548. The first-order chi connectivity index (χ1) is 12.5. The zero-order chi connectivity index (χ0) is 18.3. The zero-order valence-electron chi connectivity index (χ0n) is 14.8. The fourth-order valence-corrected chi connectivity index (χ4v) is 4.04. The van der Waals surface area contributed by atoms with Gasteiger partial charge in [0.1, 0.15) is 0 Å². The van der Waals surface area contributed by atoms with Crippen LogP contribution in [-0.2, 0) is 0 Å². The number of thiazole rings is 1. The van der Waals surface area contributed by atoms with Gasteiger partial charge in [0.15, 0.2) is 22.2 Å². The standard InChI is InChI=1S/C20H18N2O3S/c1-4-24-14-7-5-6-13-10-15(25-18(13)14)19(23)22-20-21-17-12(3)8-11(2)9-16(17)26-20/h5-10H,4H2,1-3H3,(H,21,22,23). The maximum Gasteiger partial charge on any atom is 0.293 e. The van der Waals surface area contributed by atoms with Crippen molar-refractivity contribution in [3.8, 4) is 5.75 Å². The number of rotatable bonds is 4. The van der Waals surface area contributed by atoms with E-state index in [0.29, 0.717) is 23.1 Å². The third kappa shape index (κ3) is 2.93. The Bertz CT molecular complexity index is 1130. The Morgan fingerprint density at radius 1 is 1.27 bits per heavy atom. The van der Waals surface area contributed by atoms with Crippen LogP contribution in [0.4, 0.5) is 5.13 Å². The molecular formula is C20H18N2O3S. The summed E-state index contributed by atoms with van der Waals surface area (Å²) in [6.45, 7) is 6.52. The lowest BCUT2D eigenvalue weighted by atomic mass is 10.1. The second-order valence-electron chi connectivity index (χ2n) is 6.12. The number of anilines is 1. The van der Waals surface area contributed by atoms with E-state index in [0.717, 1.165) is 21.2 Å². The van der Waals surface area contributed by atoms with E-state index in [1.54, 1.807) is 6.07 Å². The Morgan fingerprint density at radius 2 is 2.12 bits per heavy atom. The minimum absolute atomic E-state index is 0.235. The van der Waals surface area contributed by atoms with Crippen LogP contribution in [0, 0.1) is 13.8 Å². The average molecular weight is 366 g/mol. The molecule has 1 N–H and O–H groups in total. The van der Waals surface area contributed by atoms with Crippen molar-refractivity contribution in [2.45, 2.75) is 20.8 Å². The van der Waals surface area contributed by atoms with E-state index in [1.165, 1.54) is 16.9 Å². The van der Waals surface area contributed by atoms with Gasteiger partial charge in [-0.1, -0.05) is 29.5 Å². The van der Waals surface area contributed by atoms with Gasteiger partial charge in [0, 0.05) is 5.39 Å². The number of benzene rings is 2. The summed E-state index contributed by atoms with van der Waals surface area (Å²) in [4.78, 5) is 17.1. The minimum Gasteiger partial charge on any atom is -0.490 e. The van der Waals surface area contributed by atoms with E-state index in [9.17, 15) is 4.79 Å². The lowest BCUT2D eigenvalue weighted by Gasteiger charge is -2.02. The maximum atomic E-state index is 12.6. The third-order valence-corrected chi connectivity index (χ3v) is 5.00. The predicted molar refractivity (Wildman–Crippen MR) is 104 cm³/mol. The minimum atomic E-state index is -0.322. The van der Waals surface area contributed by atoms with E-state index in [1.807, 2.05) is 32.0 Å². The smallest absolute Gasteiger partial charge is 0.293 e. The highest BCUT2D eigenvalue weighted by Gasteiger charge is 2.17. The first-order valence-electron chi connectivity index (χ1n) is 8.39. The van der Waals surface area contributed by atoms with Crippen molar-refractivity contribution in [2.75, 3.05) is 11.9 Å². The number of para-hydroxylation sites is 1. The summed E-state index contributed by atoms with van der Waals surface area (Å²) in [7, 11) is 0. The Balaban J connectivity index is 1.65. The number of carbonyl (C=O) groups excluding carboxylic acids is 1. The highest BCUT2D eigenvalue weighted by atomic mass is 32.1. The molecule has 0 bridgehead atoms. The summed E-state index contributed by atoms with van der Waals surface area (Å²) in [6.07, 6.45) is 0. The van der Waals surface area contributed by atoms with Crippen LogP contribution < -0.4 is 10.1 Å². The molecule has 0 saturated heterocycles. The molecular weight excluding hydrogens is 348 g/mol. The summed E-state index contributed by atoms with van der Waals surface area (Å²) in [5, 5.41) is 4.23. The van der Waals surface area contributed by atoms with Crippen LogP contribution >= 0.6 is 11.3 Å². The molecule has 0 saturated carbocycles. The molecule has 4 aromatic rings. The molecule has 2 aromatic carbocycles. The first kappa shape index (κ1) is 16.6. The van der Waals surface area contributed by atoms with Gasteiger partial charge in [0.2, 0.25) is 0 Å². The van der Waals surface area contributed by atoms with Crippen molar-refractivity contribution < 1.29 is 13.9 Å². The summed E-state index contributed by atoms with van der Waals surface area (Å²) >= 11 is 1.46. The molecule has 1 amide bonds. The summed E-state index contributed by atoms with van der Waals surface area (Å²) < 4.78 is 12.4. The molecule has 0 radical (unpaired) electrons. The fourth-order valence-electron chi connectivity index (χ4n) is 3.00. The van der Waals surface area contributed by atoms with Gasteiger partial charge in [-0.25, -0.2) is 4.98 Å². The van der Waals surface area contributed by atoms with Crippen LogP contribution in [0.1, 0.15) is 28.6 Å². The molecule has 0 aliphatic carbocycles. The number of amides is 1. The van der Waals surface area contributed by atoms with Crippen LogP contribution in [0.3, 0.4) is 0 Å². The van der Waals surface area contributed by atoms with Crippen LogP contribution in [0.25, 0.3) is 21.2 Å². The molecule has 0 atom stereocenters. The van der Waals surface area contributed by atoms with Crippen molar-refractivity contribution in [2.24, 2.45) is 0 Å². The molecule has 0 aliphatic rings. The number of carbonyl (C=O) groups is 1. The van der Waals surface area contributed by atoms with E-state index < -0.39 is 0 Å². The van der Waals surface area contributed by atoms with Crippen LogP contribution in [-0.4, -0.2) is 17.5 Å². The number of aromatic nitrogens is 1. The fraction of sp³-hybridized carbons (Fsp3) is 0.200. The van der Waals surface area contributed by atoms with Gasteiger partial charge < -0.3 is 9.15 Å². The predicted octanol–water partition coefficient (Wildman–Crippen LogP) is 5.31. The van der Waals surface area contributed by atoms with Crippen LogP contribution in [0.15, 0.2) is 40.8 Å². The van der Waals surface area contributed by atoms with E-state index in [2.05, 4.69) is 29.4 Å². The largest absolute Gasteiger partial charge is 0.490 e. The molecule has 0 unspecified atom stereocenters. The zero-order valence-corrected chi connectivity index (χ0v) is 15.6. The van der Waals surface area contributed by atoms with Crippen molar-refractivity contribution in [3.05, 3.63) is 53.3 Å². The number of furan rings is 1. The summed E-state index contributed by atoms with van der Waals surface area (Å²) in [6, 6.07) is 11.5. The second-order valence-corrected chi connectivity index (χ2v) is 7.15. The molecule has 0 spiro atoms. The van der Waals surface area contributed by atoms with Crippen molar-refractivity contribution in [1.29, 1.82) is 0 Å². The number of hydrogen-bond acceptors (Lipinski definition) is 5. The van der Waals surface area contributed by atoms with Crippen molar-refractivity contribution in [3.63, 3.8) is 0 Å². The van der Waals surface area contributed by atoms with Crippen molar-refractivity contribution in [1.82, 2.24) is 4.98 Å². The van der Waals surface area contributed by atoms with Crippen LogP contribution in [0.5, 0.6) is 5.75 Å². The Morgan fingerprint density at radius 3 is 2.92 bits per heavy atom. The Labute approximate surface area is 154 Å². The Hall–Kier alpha value is -2.86. The van der Waals surface area contributed by atoms with Gasteiger partial charge >= 0.3 is 0 Å². The molecule has 4 rings (SSSR count). The summed E-state index contributed by atoms with van der Waals surface area (Å²) in [5.41, 5.74) is 3.77. The highest BCUT2D eigenvalue weighted by Crippen LogP contribution is 2.31. The molecule has 2 heterocycles. The third-order valence-electron chi connectivity index (χ3n) is 4.08. The SMILES string of the molecule is CCOc1cccc2cc(C(=O)Nc3nc4c(C)cc(C)cc4s3)oc12. The van der Waals surface area contributed by atoms with Gasteiger partial charge in [-0.3, -0.25) is 10.1 Å². The lowest BCUT2D eigenvalue weighted by molar-refractivity contribution is 0.0998. The molecule has 26 heavy (non-hydrogen) atoms. The monoisotopic (exact) mass is 366 g/mol. The number of fused-ring (bicyclic) bond motifs is 2. The first-order valence-corrected chi connectivity index (χ1v) is 9.21. The number of nitrogens with zero attached hydrogens (tertiary/aromatic N) is 1. The maximum absolute atomic E-state index is 12.6. The number of aryl methyl sites for hydroxylation is 2. The van der Waals surface area contributed by atoms with Crippen LogP contribution in [0.2, 0.25) is 0 Å². The molecule has 6 heteroatoms. The second kappa shape index (κ2) is 6.46. The molecule has 2 aromatic heterocycles. The molecule has 5 nitrogen and oxygen atoms in total. The van der Waals surface area contributed by atoms with Gasteiger partial charge in [-0.05, 0) is 50.1 Å². The Kier molecular flexibility index (Phi) is 4.12. The average Bonchev–Trinajstić information content (AvgIpc) is 3.19. The highest BCUT2D eigenvalue weighted by molar-refractivity contribution is 7.22. The molecule has 0 aliphatic heterocycles. The quantitative estimate of drug-likeness (QED) is 0.531. The van der Waals surface area contributed by atoms with Gasteiger partial charge in [-0.15, -0.1) is 0 Å². The molecule has 132 valence electrons. The normalized spacial score (nSPS) is 11.2. The number of nitrogens with one attached hydrogen (secondary N) is 1. The van der Waals surface area contributed by atoms with Crippen molar-refractivity contribution >= 4 is 43.6 Å². The number of hydrogen-bond donors (Lipinski definition) is 1. The number of ether oxygens (including phenoxy) is 1. The van der Waals surface area contributed by atoms with E-state index in [4.69, 9.17) is 9.15 Å².